The molecule has 0 saturated heterocycles. The van der Waals surface area contributed by atoms with Crippen LogP contribution in [-0.4, -0.2) is 37.8 Å². The number of aromatic nitrogens is 1. The van der Waals surface area contributed by atoms with E-state index in [-0.39, 0.29) is 17.4 Å². The Hall–Kier alpha value is -3.79. The van der Waals surface area contributed by atoms with Gasteiger partial charge in [0, 0.05) is 5.38 Å². The minimum absolute atomic E-state index is 0.135. The number of rotatable bonds is 8. The Morgan fingerprint density at radius 2 is 1.71 bits per heavy atom. The first kappa shape index (κ1) is 21.9. The Kier molecular flexibility index (Phi) is 7.28. The lowest BCUT2D eigenvalue weighted by Gasteiger charge is -2.15. The van der Waals surface area contributed by atoms with Crippen LogP contribution in [0.15, 0.2) is 47.8 Å². The average molecular weight is 443 g/mol. The Bertz CT molecular complexity index is 1070. The summed E-state index contributed by atoms with van der Waals surface area (Å²) in [6, 6.07) is 11.6. The van der Waals surface area contributed by atoms with Crippen molar-refractivity contribution in [3.8, 4) is 23.0 Å². The molecule has 3 rings (SSSR count). The number of nitrogens with one attached hydrogen (secondary N) is 2. The Morgan fingerprint density at radius 3 is 2.45 bits per heavy atom. The number of hydrogen-bond acceptors (Lipinski definition) is 8. The SMILES string of the molecule is CCOC(=O)c1csc(NC(=O)Nc2ccccc2Oc2cccc(OC)c2OC)n1. The molecule has 3 aromatic rings. The predicted octanol–water partition coefficient (Wildman–Crippen LogP) is 4.77. The fourth-order valence-corrected chi connectivity index (χ4v) is 3.27. The van der Waals surface area contributed by atoms with Crippen molar-refractivity contribution in [3.05, 3.63) is 53.5 Å². The van der Waals surface area contributed by atoms with Crippen molar-refractivity contribution in [2.24, 2.45) is 0 Å². The van der Waals surface area contributed by atoms with Crippen molar-refractivity contribution < 1.29 is 28.5 Å². The number of carbonyl (C=O) groups is 2. The van der Waals surface area contributed by atoms with Gasteiger partial charge >= 0.3 is 12.0 Å². The minimum atomic E-state index is -0.543. The van der Waals surface area contributed by atoms with Gasteiger partial charge in [-0.3, -0.25) is 5.32 Å². The number of benzene rings is 2. The van der Waals surface area contributed by atoms with E-state index in [9.17, 15) is 9.59 Å². The molecule has 0 radical (unpaired) electrons. The van der Waals surface area contributed by atoms with Gasteiger partial charge in [0.1, 0.15) is 0 Å². The number of hydrogen-bond donors (Lipinski definition) is 2. The van der Waals surface area contributed by atoms with Crippen molar-refractivity contribution in [1.82, 2.24) is 4.98 Å². The Morgan fingerprint density at radius 1 is 0.968 bits per heavy atom. The summed E-state index contributed by atoms with van der Waals surface area (Å²) in [5.74, 6) is 1.23. The standard InChI is InChI=1S/C21H21N3O6S/c1-4-29-19(25)14-12-31-21(23-14)24-20(26)22-13-8-5-6-9-15(13)30-17-11-7-10-16(27-2)18(17)28-3/h5-12H,4H2,1-3H3,(H2,22,23,24,26). The molecule has 31 heavy (non-hydrogen) atoms. The van der Waals surface area contributed by atoms with Gasteiger partial charge in [0.25, 0.3) is 0 Å². The highest BCUT2D eigenvalue weighted by Crippen LogP contribution is 2.40. The zero-order valence-electron chi connectivity index (χ0n) is 17.1. The molecule has 0 aliphatic rings. The van der Waals surface area contributed by atoms with E-state index >= 15 is 0 Å². The topological polar surface area (TPSA) is 108 Å². The zero-order valence-corrected chi connectivity index (χ0v) is 17.9. The molecule has 1 heterocycles. The highest BCUT2D eigenvalue weighted by Gasteiger charge is 2.16. The number of esters is 1. The smallest absolute Gasteiger partial charge is 0.357 e. The number of nitrogens with zero attached hydrogens (tertiary/aromatic N) is 1. The van der Waals surface area contributed by atoms with E-state index in [1.54, 1.807) is 49.4 Å². The molecule has 9 nitrogen and oxygen atoms in total. The van der Waals surface area contributed by atoms with Gasteiger partial charge in [-0.05, 0) is 31.2 Å². The van der Waals surface area contributed by atoms with Crippen LogP contribution in [0.3, 0.4) is 0 Å². The molecule has 0 unspecified atom stereocenters. The second-order valence-electron chi connectivity index (χ2n) is 5.93. The molecule has 162 valence electrons. The lowest BCUT2D eigenvalue weighted by atomic mass is 10.2. The number of urea groups is 1. The molecule has 0 aliphatic carbocycles. The number of carbonyl (C=O) groups excluding carboxylic acids is 2. The highest BCUT2D eigenvalue weighted by atomic mass is 32.1. The van der Waals surface area contributed by atoms with Crippen LogP contribution in [0.2, 0.25) is 0 Å². The molecular formula is C21H21N3O6S. The molecule has 2 N–H and O–H groups in total. The normalized spacial score (nSPS) is 10.2. The maximum atomic E-state index is 12.4. The third-order valence-corrected chi connectivity index (χ3v) is 4.69. The summed E-state index contributed by atoms with van der Waals surface area (Å²) in [5.41, 5.74) is 0.558. The van der Waals surface area contributed by atoms with E-state index in [0.29, 0.717) is 28.7 Å². The van der Waals surface area contributed by atoms with E-state index < -0.39 is 12.0 Å². The lowest BCUT2D eigenvalue weighted by Crippen LogP contribution is -2.19. The van der Waals surface area contributed by atoms with Crippen LogP contribution in [0, 0.1) is 0 Å². The Balaban J connectivity index is 1.73. The van der Waals surface area contributed by atoms with Crippen LogP contribution >= 0.6 is 11.3 Å². The average Bonchev–Trinajstić information content (AvgIpc) is 3.23. The van der Waals surface area contributed by atoms with Gasteiger partial charge in [-0.2, -0.15) is 0 Å². The summed E-state index contributed by atoms with van der Waals surface area (Å²) >= 11 is 1.11. The first-order valence-corrected chi connectivity index (χ1v) is 10.1. The number of thiazole rings is 1. The summed E-state index contributed by atoms with van der Waals surface area (Å²) in [4.78, 5) is 28.2. The summed E-state index contributed by atoms with van der Waals surface area (Å²) in [6.45, 7) is 1.95. The largest absolute Gasteiger partial charge is 0.493 e. The zero-order chi connectivity index (χ0) is 22.2. The third kappa shape index (κ3) is 5.43. The van der Waals surface area contributed by atoms with Gasteiger partial charge in [-0.1, -0.05) is 18.2 Å². The Labute approximate surface area is 182 Å². The van der Waals surface area contributed by atoms with E-state index in [1.807, 2.05) is 0 Å². The summed E-state index contributed by atoms with van der Waals surface area (Å²) in [7, 11) is 3.05. The molecule has 2 aromatic carbocycles. The molecule has 0 aliphatic heterocycles. The van der Waals surface area contributed by atoms with Crippen molar-refractivity contribution in [2.75, 3.05) is 31.5 Å². The minimum Gasteiger partial charge on any atom is -0.493 e. The monoisotopic (exact) mass is 443 g/mol. The van der Waals surface area contributed by atoms with Gasteiger partial charge in [0.2, 0.25) is 5.75 Å². The number of anilines is 2. The molecule has 1 aromatic heterocycles. The quantitative estimate of drug-likeness (QED) is 0.483. The molecule has 0 saturated carbocycles. The predicted molar refractivity (Wildman–Crippen MR) is 117 cm³/mol. The van der Waals surface area contributed by atoms with E-state index in [4.69, 9.17) is 18.9 Å². The van der Waals surface area contributed by atoms with Gasteiger partial charge in [-0.15, -0.1) is 11.3 Å². The molecule has 0 fully saturated rings. The lowest BCUT2D eigenvalue weighted by molar-refractivity contribution is 0.0520. The first-order chi connectivity index (χ1) is 15.0. The summed E-state index contributed by atoms with van der Waals surface area (Å²) < 4.78 is 21.5. The number of ether oxygens (including phenoxy) is 4. The number of methoxy groups -OCH3 is 2. The number of para-hydroxylation sites is 3. The van der Waals surface area contributed by atoms with E-state index in [1.165, 1.54) is 19.6 Å². The van der Waals surface area contributed by atoms with Gasteiger partial charge < -0.3 is 24.3 Å². The molecule has 10 heteroatoms. The molecule has 0 bridgehead atoms. The fourth-order valence-electron chi connectivity index (χ4n) is 2.60. The highest BCUT2D eigenvalue weighted by molar-refractivity contribution is 7.14. The second kappa shape index (κ2) is 10.3. The first-order valence-electron chi connectivity index (χ1n) is 9.24. The molecule has 2 amide bonds. The molecule has 0 spiro atoms. The van der Waals surface area contributed by atoms with Crippen LogP contribution in [0.4, 0.5) is 15.6 Å². The summed E-state index contributed by atoms with van der Waals surface area (Å²) in [5, 5.41) is 7.07. The molecule has 0 atom stereocenters. The van der Waals surface area contributed by atoms with Crippen LogP contribution in [-0.2, 0) is 4.74 Å². The van der Waals surface area contributed by atoms with Gasteiger partial charge in [-0.25, -0.2) is 14.6 Å². The maximum Gasteiger partial charge on any atom is 0.357 e. The maximum absolute atomic E-state index is 12.4. The van der Waals surface area contributed by atoms with Crippen molar-refractivity contribution >= 4 is 34.2 Å². The van der Waals surface area contributed by atoms with Crippen LogP contribution < -0.4 is 24.8 Å². The van der Waals surface area contributed by atoms with Crippen LogP contribution in [0.5, 0.6) is 23.0 Å². The number of amides is 2. The van der Waals surface area contributed by atoms with E-state index in [0.717, 1.165) is 11.3 Å². The van der Waals surface area contributed by atoms with E-state index in [2.05, 4.69) is 15.6 Å². The van der Waals surface area contributed by atoms with Crippen LogP contribution in [0.25, 0.3) is 0 Å². The molecular weight excluding hydrogens is 422 g/mol. The van der Waals surface area contributed by atoms with Crippen molar-refractivity contribution in [3.63, 3.8) is 0 Å². The van der Waals surface area contributed by atoms with Crippen molar-refractivity contribution in [2.45, 2.75) is 6.92 Å². The van der Waals surface area contributed by atoms with Crippen LogP contribution in [0.1, 0.15) is 17.4 Å². The van der Waals surface area contributed by atoms with Crippen molar-refractivity contribution in [1.29, 1.82) is 0 Å². The third-order valence-electron chi connectivity index (χ3n) is 3.93. The fraction of sp³-hybridized carbons (Fsp3) is 0.190. The second-order valence-corrected chi connectivity index (χ2v) is 6.79. The van der Waals surface area contributed by atoms with Gasteiger partial charge in [0.05, 0.1) is 26.5 Å². The van der Waals surface area contributed by atoms with Gasteiger partial charge in [0.15, 0.2) is 28.1 Å². The summed E-state index contributed by atoms with van der Waals surface area (Å²) in [6.07, 6.45) is 0.